The number of allylic oxidation sites excluding steroid dienone is 5. The van der Waals surface area contributed by atoms with E-state index >= 15 is 0 Å². The minimum atomic E-state index is -0.133. The molecule has 4 nitrogen and oxygen atoms in total. The van der Waals surface area contributed by atoms with Crippen molar-refractivity contribution in [3.05, 3.63) is 248 Å². The van der Waals surface area contributed by atoms with Crippen molar-refractivity contribution in [3.63, 3.8) is 0 Å². The predicted octanol–water partition coefficient (Wildman–Crippen LogP) is 19.9. The third kappa shape index (κ3) is 5.72. The van der Waals surface area contributed by atoms with E-state index < -0.39 is 0 Å². The van der Waals surface area contributed by atoms with E-state index in [9.17, 15) is 0 Å². The van der Waals surface area contributed by atoms with E-state index in [4.69, 9.17) is 8.83 Å². The lowest BCUT2D eigenvalue weighted by molar-refractivity contribution is 0.468. The van der Waals surface area contributed by atoms with Gasteiger partial charge >= 0.3 is 0 Å². The van der Waals surface area contributed by atoms with Gasteiger partial charge in [0.15, 0.2) is 11.2 Å². The van der Waals surface area contributed by atoms with Gasteiger partial charge in [-0.25, -0.2) is 0 Å². The van der Waals surface area contributed by atoms with E-state index in [1.54, 1.807) is 0 Å². The van der Waals surface area contributed by atoms with Crippen molar-refractivity contribution in [2.24, 2.45) is 5.41 Å². The van der Waals surface area contributed by atoms with Gasteiger partial charge in [0.2, 0.25) is 0 Å². The normalized spacial score (nSPS) is 16.3. The smallest absolute Gasteiger partial charge is 0.159 e. The Kier molecular flexibility index (Phi) is 8.33. The molecule has 2 aromatic heterocycles. The molecule has 0 aliphatic heterocycles. The summed E-state index contributed by atoms with van der Waals surface area (Å²) in [5.41, 5.74) is 10.0. The Morgan fingerprint density at radius 3 is 1.48 bits per heavy atom. The van der Waals surface area contributed by atoms with Gasteiger partial charge in [-0.15, -0.1) is 0 Å². The predicted molar refractivity (Wildman–Crippen MR) is 307 cm³/mol. The lowest BCUT2D eigenvalue weighted by atomic mass is 9.68. The van der Waals surface area contributed by atoms with Crippen molar-refractivity contribution in [1.29, 1.82) is 0 Å². The second kappa shape index (κ2) is 15.1. The van der Waals surface area contributed by atoms with Crippen LogP contribution in [0.3, 0.4) is 0 Å². The molecule has 0 bridgehead atoms. The van der Waals surface area contributed by atoms with Crippen LogP contribution < -0.4 is 9.80 Å². The third-order valence-electron chi connectivity index (χ3n) is 16.2. The lowest BCUT2D eigenvalue weighted by Gasteiger charge is -2.35. The zero-order valence-corrected chi connectivity index (χ0v) is 39.9. The van der Waals surface area contributed by atoms with Crippen molar-refractivity contribution in [3.8, 4) is 0 Å². The van der Waals surface area contributed by atoms with Crippen LogP contribution in [-0.4, -0.2) is 0 Å². The molecule has 0 spiro atoms. The van der Waals surface area contributed by atoms with Crippen LogP contribution in [0.4, 0.5) is 34.1 Å². The molecule has 2 unspecified atom stereocenters. The fourth-order valence-electron chi connectivity index (χ4n) is 12.8. The molecule has 12 aromatic carbocycles. The van der Waals surface area contributed by atoms with E-state index in [1.807, 2.05) is 0 Å². The highest BCUT2D eigenvalue weighted by atomic mass is 16.3. The number of fused-ring (bicyclic) bond motifs is 12. The van der Waals surface area contributed by atoms with Gasteiger partial charge in [0.25, 0.3) is 0 Å². The fourth-order valence-corrected chi connectivity index (χ4v) is 12.8. The molecule has 0 N–H and O–H groups in total. The number of hydrogen-bond acceptors (Lipinski definition) is 4. The van der Waals surface area contributed by atoms with Gasteiger partial charge in [-0.3, -0.25) is 0 Å². The average molecular weight is 933 g/mol. The molecule has 2 aliphatic rings. The molecule has 14 aromatic rings. The minimum absolute atomic E-state index is 0.133. The maximum absolute atomic E-state index is 7.10. The van der Waals surface area contributed by atoms with Crippen LogP contribution in [0, 0.1) is 5.41 Å². The Labute approximate surface area is 420 Å². The summed E-state index contributed by atoms with van der Waals surface area (Å²) >= 11 is 0. The first-order chi connectivity index (χ1) is 36.1. The number of anilines is 6. The molecule has 342 valence electrons. The molecular weight excluding hydrogens is 889 g/mol. The summed E-state index contributed by atoms with van der Waals surface area (Å²) in [6.45, 7) is 2.32. The van der Waals surface area contributed by atoms with Crippen molar-refractivity contribution < 1.29 is 8.83 Å². The van der Waals surface area contributed by atoms with Crippen LogP contribution in [0.2, 0.25) is 0 Å². The Morgan fingerprint density at radius 2 is 0.836 bits per heavy atom. The van der Waals surface area contributed by atoms with Crippen molar-refractivity contribution in [1.82, 2.24) is 0 Å². The first kappa shape index (κ1) is 40.4. The zero-order valence-electron chi connectivity index (χ0n) is 39.9. The molecule has 4 heteroatoms. The zero-order chi connectivity index (χ0) is 47.9. The fraction of sp³-hybridized carbons (Fsp3) is 0.0435. The largest absolute Gasteiger partial charge is 0.454 e. The maximum Gasteiger partial charge on any atom is 0.159 e. The summed E-state index contributed by atoms with van der Waals surface area (Å²) in [6.07, 6.45) is 13.5. The summed E-state index contributed by atoms with van der Waals surface area (Å²) in [5, 5.41) is 17.5. The van der Waals surface area contributed by atoms with Gasteiger partial charge < -0.3 is 18.6 Å². The number of furan rings is 2. The standard InChI is InChI=1S/C69H44N2O2/c1-69-40-9-8-24-54(69)66-53-23-13-28-60(68(53)73-62(66)39-41-69)71(56-26-11-18-43-15-3-6-20-48(43)56)58-37-32-46-29-34-50-57(36-31-45-30-35-51(58)64(46)63(45)50)70(55-25-10-17-42-14-2-5-19-47(42)55)59-27-12-22-52-65-49-21-7-4-16-44(49)33-38-61(65)72-67(52)59/h2-41,54H,1H3. The highest BCUT2D eigenvalue weighted by Gasteiger charge is 2.38. The summed E-state index contributed by atoms with van der Waals surface area (Å²) in [4.78, 5) is 4.90. The molecule has 2 heterocycles. The van der Waals surface area contributed by atoms with E-state index in [0.29, 0.717) is 0 Å². The number of hydrogen-bond donors (Lipinski definition) is 0. The molecule has 73 heavy (non-hydrogen) atoms. The first-order valence-electron chi connectivity index (χ1n) is 25.3. The SMILES string of the molecule is CC12C=CC=CC1c1c(oc3c(N(c4cccc5ccccc45)c4ccc5ccc6c(N(c7cccc8ccccc78)c7cccc8c7oc7ccc9ccccc9c78)ccc7ccc4c5c76)cccc13)C=C2. The van der Waals surface area contributed by atoms with Gasteiger partial charge in [-0.1, -0.05) is 201 Å². The monoisotopic (exact) mass is 932 g/mol. The summed E-state index contributed by atoms with van der Waals surface area (Å²) < 4.78 is 14.1. The van der Waals surface area contributed by atoms with Crippen LogP contribution in [-0.2, 0) is 0 Å². The summed E-state index contributed by atoms with van der Waals surface area (Å²) in [7, 11) is 0. The van der Waals surface area contributed by atoms with E-state index in [1.165, 1.54) is 48.7 Å². The van der Waals surface area contributed by atoms with Crippen LogP contribution in [0.5, 0.6) is 0 Å². The Bertz CT molecular complexity index is 4730. The number of nitrogens with zero attached hydrogens (tertiary/aromatic N) is 2. The lowest BCUT2D eigenvalue weighted by Crippen LogP contribution is -2.24. The molecule has 16 rings (SSSR count). The second-order valence-electron chi connectivity index (χ2n) is 20.1. The topological polar surface area (TPSA) is 32.8 Å². The van der Waals surface area contributed by atoms with Crippen LogP contribution in [0.25, 0.3) is 104 Å². The minimum Gasteiger partial charge on any atom is -0.454 e. The number of rotatable bonds is 6. The Hall–Kier alpha value is -9.38. The van der Waals surface area contributed by atoms with Gasteiger partial charge in [-0.05, 0) is 91.6 Å². The van der Waals surface area contributed by atoms with Crippen molar-refractivity contribution >= 4 is 138 Å². The van der Waals surface area contributed by atoms with E-state index in [2.05, 4.69) is 259 Å². The van der Waals surface area contributed by atoms with Gasteiger partial charge in [-0.2, -0.15) is 0 Å². The van der Waals surface area contributed by atoms with Gasteiger partial charge in [0.05, 0.1) is 34.1 Å². The Morgan fingerprint density at radius 1 is 0.356 bits per heavy atom. The summed E-state index contributed by atoms with van der Waals surface area (Å²) in [6, 6.07) is 75.4. The second-order valence-corrected chi connectivity index (χ2v) is 20.1. The highest BCUT2D eigenvalue weighted by Crippen LogP contribution is 2.55. The average Bonchev–Trinajstić information content (AvgIpc) is 4.03. The van der Waals surface area contributed by atoms with Crippen LogP contribution in [0.1, 0.15) is 24.2 Å². The highest BCUT2D eigenvalue weighted by molar-refractivity contribution is 6.29. The van der Waals surface area contributed by atoms with Crippen LogP contribution >= 0.6 is 0 Å². The number of para-hydroxylation sites is 2. The van der Waals surface area contributed by atoms with Crippen LogP contribution in [0.15, 0.2) is 245 Å². The number of benzene rings is 12. The molecular formula is C69H44N2O2. The molecule has 0 saturated heterocycles. The summed E-state index contributed by atoms with van der Waals surface area (Å²) in [5.74, 6) is 1.09. The molecule has 2 aliphatic carbocycles. The van der Waals surface area contributed by atoms with E-state index in [-0.39, 0.29) is 11.3 Å². The molecule has 0 radical (unpaired) electrons. The first-order valence-corrected chi connectivity index (χ1v) is 25.3. The molecule has 0 amide bonds. The van der Waals surface area contributed by atoms with Crippen molar-refractivity contribution in [2.45, 2.75) is 12.8 Å². The molecule has 0 saturated carbocycles. The van der Waals surface area contributed by atoms with Gasteiger partial charge in [0, 0.05) is 54.6 Å². The molecule has 2 atom stereocenters. The molecule has 0 fully saturated rings. The Balaban J connectivity index is 0.969. The third-order valence-corrected chi connectivity index (χ3v) is 16.2. The van der Waals surface area contributed by atoms with Gasteiger partial charge in [0.1, 0.15) is 11.3 Å². The maximum atomic E-state index is 7.10. The van der Waals surface area contributed by atoms with Crippen molar-refractivity contribution in [2.75, 3.05) is 9.80 Å². The van der Waals surface area contributed by atoms with E-state index in [0.717, 1.165) is 94.3 Å². The quantitative estimate of drug-likeness (QED) is 0.156.